The second-order valence-electron chi connectivity index (χ2n) is 7.61. The van der Waals surface area contributed by atoms with Gasteiger partial charge in [-0.3, -0.25) is 14.6 Å². The van der Waals surface area contributed by atoms with E-state index in [1.165, 1.54) is 0 Å². The summed E-state index contributed by atoms with van der Waals surface area (Å²) in [6.07, 6.45) is 3.48. The minimum Gasteiger partial charge on any atom is -0.316 e. The summed E-state index contributed by atoms with van der Waals surface area (Å²) in [5, 5.41) is 0. The molecule has 2 aromatic carbocycles. The van der Waals surface area contributed by atoms with Crippen LogP contribution in [0.4, 0.5) is 5.69 Å². The van der Waals surface area contributed by atoms with Gasteiger partial charge in [-0.1, -0.05) is 37.3 Å². The molecule has 0 saturated carbocycles. The number of rotatable bonds is 7. The number of anilines is 1. The summed E-state index contributed by atoms with van der Waals surface area (Å²) < 4.78 is 0. The highest BCUT2D eigenvalue weighted by atomic mass is 16.2. The smallest absolute Gasteiger partial charge is 0.226 e. The minimum absolute atomic E-state index is 0.0863. The quantitative estimate of drug-likeness (QED) is 0.488. The van der Waals surface area contributed by atoms with Gasteiger partial charge in [0.2, 0.25) is 5.91 Å². The number of hydrogen-bond donors (Lipinski definition) is 0. The van der Waals surface area contributed by atoms with Crippen LogP contribution in [0, 0.1) is 13.8 Å². The van der Waals surface area contributed by atoms with Gasteiger partial charge in [-0.2, -0.15) is 0 Å². The molecular weight excluding hydrogens is 372 g/mol. The van der Waals surface area contributed by atoms with E-state index in [0.717, 1.165) is 39.2 Å². The van der Waals surface area contributed by atoms with Crippen molar-refractivity contribution in [3.8, 4) is 11.1 Å². The van der Waals surface area contributed by atoms with E-state index >= 15 is 0 Å². The van der Waals surface area contributed by atoms with Gasteiger partial charge in [-0.05, 0) is 66.8 Å². The molecule has 0 aliphatic rings. The maximum atomic E-state index is 12.6. The fourth-order valence-corrected chi connectivity index (χ4v) is 3.46. The fraction of sp³-hybridized carbons (Fsp3) is 0.269. The predicted molar refractivity (Wildman–Crippen MR) is 122 cm³/mol. The lowest BCUT2D eigenvalue weighted by Crippen LogP contribution is -2.24. The van der Waals surface area contributed by atoms with Gasteiger partial charge >= 0.3 is 0 Å². The van der Waals surface area contributed by atoms with E-state index in [-0.39, 0.29) is 11.7 Å². The Labute approximate surface area is 178 Å². The van der Waals surface area contributed by atoms with Crippen molar-refractivity contribution in [2.75, 3.05) is 11.9 Å². The molecule has 1 heterocycles. The topological polar surface area (TPSA) is 50.3 Å². The van der Waals surface area contributed by atoms with Crippen molar-refractivity contribution in [3.63, 3.8) is 0 Å². The third-order valence-corrected chi connectivity index (χ3v) is 5.40. The molecule has 0 atom stereocenters. The Morgan fingerprint density at radius 1 is 0.967 bits per heavy atom. The molecule has 0 aliphatic heterocycles. The predicted octanol–water partition coefficient (Wildman–Crippen LogP) is 5.55. The zero-order valence-corrected chi connectivity index (χ0v) is 18.1. The van der Waals surface area contributed by atoms with Crippen LogP contribution in [0.5, 0.6) is 0 Å². The Morgan fingerprint density at radius 2 is 1.70 bits per heavy atom. The summed E-state index contributed by atoms with van der Waals surface area (Å²) in [6, 6.07) is 17.8. The Hall–Kier alpha value is -3.27. The van der Waals surface area contributed by atoms with Gasteiger partial charge in [-0.15, -0.1) is 0 Å². The number of hydrogen-bond acceptors (Lipinski definition) is 3. The molecule has 0 unspecified atom stereocenters. The van der Waals surface area contributed by atoms with Crippen molar-refractivity contribution < 1.29 is 9.59 Å². The third kappa shape index (κ3) is 5.01. The SMILES string of the molecule is CCC(=O)N(C)c1ccc(-c2ccc(C(=O)CCc3ccc(C)nc3)cc2C)cc1. The van der Waals surface area contributed by atoms with Crippen LogP contribution >= 0.6 is 0 Å². The first kappa shape index (κ1) is 21.4. The molecule has 1 aromatic heterocycles. The number of aryl methyl sites for hydroxylation is 3. The molecular formula is C26H28N2O2. The lowest BCUT2D eigenvalue weighted by molar-refractivity contribution is -0.118. The maximum Gasteiger partial charge on any atom is 0.226 e. The number of carbonyl (C=O) groups is 2. The van der Waals surface area contributed by atoms with Gasteiger partial charge in [0.05, 0.1) is 0 Å². The molecule has 0 N–H and O–H groups in total. The maximum absolute atomic E-state index is 12.6. The van der Waals surface area contributed by atoms with Crippen molar-refractivity contribution in [1.82, 2.24) is 4.98 Å². The summed E-state index contributed by atoms with van der Waals surface area (Å²) in [5.41, 5.74) is 6.89. The minimum atomic E-state index is 0.0863. The van der Waals surface area contributed by atoms with Crippen molar-refractivity contribution in [1.29, 1.82) is 0 Å². The summed E-state index contributed by atoms with van der Waals surface area (Å²) in [6.45, 7) is 5.84. The normalized spacial score (nSPS) is 10.7. The van der Waals surface area contributed by atoms with Crippen LogP contribution in [-0.4, -0.2) is 23.7 Å². The summed E-state index contributed by atoms with van der Waals surface area (Å²) in [5.74, 6) is 0.225. The Balaban J connectivity index is 1.70. The number of ketones is 1. The Morgan fingerprint density at radius 3 is 2.30 bits per heavy atom. The second-order valence-corrected chi connectivity index (χ2v) is 7.61. The zero-order chi connectivity index (χ0) is 21.7. The van der Waals surface area contributed by atoms with Crippen LogP contribution in [0.3, 0.4) is 0 Å². The van der Waals surface area contributed by atoms with Crippen molar-refractivity contribution in [3.05, 3.63) is 83.2 Å². The highest BCUT2D eigenvalue weighted by Gasteiger charge is 2.11. The number of aromatic nitrogens is 1. The largest absolute Gasteiger partial charge is 0.316 e. The lowest BCUT2D eigenvalue weighted by Gasteiger charge is -2.17. The summed E-state index contributed by atoms with van der Waals surface area (Å²) >= 11 is 0. The molecule has 0 saturated heterocycles. The number of pyridine rings is 1. The first-order valence-corrected chi connectivity index (χ1v) is 10.3. The van der Waals surface area contributed by atoms with Crippen LogP contribution < -0.4 is 4.90 Å². The highest BCUT2D eigenvalue weighted by molar-refractivity contribution is 5.97. The van der Waals surface area contributed by atoms with Gasteiger partial charge in [0, 0.05) is 43.0 Å². The molecule has 0 bridgehead atoms. The summed E-state index contributed by atoms with van der Waals surface area (Å²) in [7, 11) is 1.79. The number of carbonyl (C=O) groups excluding carboxylic acids is 2. The molecule has 30 heavy (non-hydrogen) atoms. The van der Waals surface area contributed by atoms with E-state index in [0.29, 0.717) is 19.3 Å². The molecule has 0 radical (unpaired) electrons. The molecule has 1 amide bonds. The van der Waals surface area contributed by atoms with Crippen LogP contribution in [0.15, 0.2) is 60.8 Å². The standard InChI is InChI=1S/C26H28N2O2/c1-5-26(30)28(4)23-12-9-21(10-13-23)24-14-11-22(16-18(24)2)25(29)15-8-20-7-6-19(3)27-17-20/h6-7,9-14,16-17H,5,8,15H2,1-4H3. The molecule has 0 fully saturated rings. The first-order chi connectivity index (χ1) is 14.4. The van der Waals surface area contributed by atoms with Crippen LogP contribution in [0.25, 0.3) is 11.1 Å². The first-order valence-electron chi connectivity index (χ1n) is 10.3. The van der Waals surface area contributed by atoms with Gasteiger partial charge < -0.3 is 4.90 Å². The fourth-order valence-electron chi connectivity index (χ4n) is 3.46. The second kappa shape index (κ2) is 9.49. The molecule has 0 spiro atoms. The van der Waals surface area contributed by atoms with Crippen molar-refractivity contribution in [2.24, 2.45) is 0 Å². The highest BCUT2D eigenvalue weighted by Crippen LogP contribution is 2.27. The molecule has 4 nitrogen and oxygen atoms in total. The number of amides is 1. The average molecular weight is 401 g/mol. The van der Waals surface area contributed by atoms with Crippen LogP contribution in [0.1, 0.15) is 46.9 Å². The number of nitrogens with zero attached hydrogens (tertiary/aromatic N) is 2. The Bertz CT molecular complexity index is 1040. The molecule has 0 aliphatic carbocycles. The van der Waals surface area contributed by atoms with Crippen LogP contribution in [-0.2, 0) is 11.2 Å². The van der Waals surface area contributed by atoms with E-state index in [4.69, 9.17) is 0 Å². The molecule has 3 aromatic rings. The lowest BCUT2D eigenvalue weighted by atomic mass is 9.95. The van der Waals surface area contributed by atoms with E-state index in [1.54, 1.807) is 11.9 Å². The van der Waals surface area contributed by atoms with E-state index in [9.17, 15) is 9.59 Å². The third-order valence-electron chi connectivity index (χ3n) is 5.40. The monoisotopic (exact) mass is 400 g/mol. The molecule has 3 rings (SSSR count). The van der Waals surface area contributed by atoms with Crippen LogP contribution in [0.2, 0.25) is 0 Å². The van der Waals surface area contributed by atoms with Gasteiger partial charge in [0.1, 0.15) is 0 Å². The van der Waals surface area contributed by atoms with Crippen molar-refractivity contribution in [2.45, 2.75) is 40.0 Å². The van der Waals surface area contributed by atoms with E-state index < -0.39 is 0 Å². The molecule has 154 valence electrons. The summed E-state index contributed by atoms with van der Waals surface area (Å²) in [4.78, 5) is 30.5. The number of Topliss-reactive ketones (excluding diaryl/α,β-unsaturated/α-hetero) is 1. The van der Waals surface area contributed by atoms with Gasteiger partial charge in [0.15, 0.2) is 5.78 Å². The van der Waals surface area contributed by atoms with Gasteiger partial charge in [-0.25, -0.2) is 0 Å². The van der Waals surface area contributed by atoms with E-state index in [2.05, 4.69) is 4.98 Å². The number of benzene rings is 2. The van der Waals surface area contributed by atoms with Gasteiger partial charge in [0.25, 0.3) is 0 Å². The van der Waals surface area contributed by atoms with Crippen molar-refractivity contribution >= 4 is 17.4 Å². The molecule has 4 heteroatoms. The average Bonchev–Trinajstić information content (AvgIpc) is 2.77. The zero-order valence-electron chi connectivity index (χ0n) is 18.1. The van der Waals surface area contributed by atoms with E-state index in [1.807, 2.05) is 81.6 Å². The Kier molecular flexibility index (Phi) is 6.78.